The van der Waals surface area contributed by atoms with E-state index in [9.17, 15) is 14.0 Å². The molecular weight excluding hydrogens is 297 g/mol. The predicted molar refractivity (Wildman–Crippen MR) is 79.4 cm³/mol. The second kappa shape index (κ2) is 7.78. The minimum absolute atomic E-state index is 0.0247. The standard InChI is InChI=1S/C15H17ClFNO3/c1-9(2)11(15(20)21)8-18-14(19)6-4-10-3-5-13(17)12(16)7-10/h3-7,9,11H,8H2,1-2H3,(H,18,19)(H,20,21). The van der Waals surface area contributed by atoms with Crippen LogP contribution in [0.2, 0.25) is 5.02 Å². The number of halogens is 2. The van der Waals surface area contributed by atoms with Gasteiger partial charge in [0, 0.05) is 12.6 Å². The Morgan fingerprint density at radius 1 is 1.43 bits per heavy atom. The summed E-state index contributed by atoms with van der Waals surface area (Å²) in [6.07, 6.45) is 2.73. The number of benzene rings is 1. The average molecular weight is 314 g/mol. The van der Waals surface area contributed by atoms with Crippen molar-refractivity contribution < 1.29 is 19.1 Å². The number of carbonyl (C=O) groups is 2. The Labute approximate surface area is 127 Å². The fourth-order valence-corrected chi connectivity index (χ4v) is 1.85. The molecule has 0 aliphatic heterocycles. The Morgan fingerprint density at radius 3 is 2.62 bits per heavy atom. The van der Waals surface area contributed by atoms with Gasteiger partial charge in [0.2, 0.25) is 5.91 Å². The van der Waals surface area contributed by atoms with E-state index in [1.165, 1.54) is 30.4 Å². The molecule has 6 heteroatoms. The number of carbonyl (C=O) groups excluding carboxylic acids is 1. The van der Waals surface area contributed by atoms with Gasteiger partial charge in [0.05, 0.1) is 10.9 Å². The van der Waals surface area contributed by atoms with E-state index in [-0.39, 0.29) is 17.5 Å². The van der Waals surface area contributed by atoms with Gasteiger partial charge in [0.1, 0.15) is 5.82 Å². The quantitative estimate of drug-likeness (QED) is 0.793. The van der Waals surface area contributed by atoms with Crippen molar-refractivity contribution >= 4 is 29.6 Å². The molecule has 0 heterocycles. The van der Waals surface area contributed by atoms with Crippen LogP contribution in [0.15, 0.2) is 24.3 Å². The Hall–Kier alpha value is -1.88. The molecule has 0 aromatic heterocycles. The molecule has 2 N–H and O–H groups in total. The monoisotopic (exact) mass is 313 g/mol. The van der Waals surface area contributed by atoms with Crippen molar-refractivity contribution in [3.05, 3.63) is 40.7 Å². The summed E-state index contributed by atoms with van der Waals surface area (Å²) < 4.78 is 13.0. The Balaban J connectivity index is 2.58. The van der Waals surface area contributed by atoms with Crippen molar-refractivity contribution in [3.8, 4) is 0 Å². The summed E-state index contributed by atoms with van der Waals surface area (Å²) in [5.41, 5.74) is 0.579. The largest absolute Gasteiger partial charge is 0.481 e. The lowest BCUT2D eigenvalue weighted by Gasteiger charge is -2.15. The molecule has 0 radical (unpaired) electrons. The van der Waals surface area contributed by atoms with E-state index >= 15 is 0 Å². The third-order valence-corrected chi connectivity index (χ3v) is 3.28. The lowest BCUT2D eigenvalue weighted by molar-refractivity contribution is -0.143. The first-order chi connectivity index (χ1) is 9.81. The second-order valence-corrected chi connectivity index (χ2v) is 5.35. The number of hydrogen-bond acceptors (Lipinski definition) is 2. The van der Waals surface area contributed by atoms with E-state index in [4.69, 9.17) is 16.7 Å². The molecule has 0 saturated heterocycles. The highest BCUT2D eigenvalue weighted by atomic mass is 35.5. The maximum absolute atomic E-state index is 13.0. The number of hydrogen-bond donors (Lipinski definition) is 2. The Bertz CT molecular complexity index is 558. The summed E-state index contributed by atoms with van der Waals surface area (Å²) in [6.45, 7) is 3.61. The van der Waals surface area contributed by atoms with E-state index in [0.717, 1.165) is 0 Å². The summed E-state index contributed by atoms with van der Waals surface area (Å²) in [5.74, 6) is -2.60. The SMILES string of the molecule is CC(C)C(CNC(=O)C=Cc1ccc(F)c(Cl)c1)C(=O)O. The third kappa shape index (κ3) is 5.55. The highest BCUT2D eigenvalue weighted by Gasteiger charge is 2.21. The van der Waals surface area contributed by atoms with Gasteiger partial charge < -0.3 is 10.4 Å². The second-order valence-electron chi connectivity index (χ2n) is 4.94. The van der Waals surface area contributed by atoms with Crippen LogP contribution in [-0.2, 0) is 9.59 Å². The van der Waals surface area contributed by atoms with Crippen molar-refractivity contribution in [3.63, 3.8) is 0 Å². The number of rotatable bonds is 6. The molecule has 1 aromatic carbocycles. The minimum atomic E-state index is -0.945. The van der Waals surface area contributed by atoms with Gasteiger partial charge in [-0.25, -0.2) is 4.39 Å². The molecule has 114 valence electrons. The van der Waals surface area contributed by atoms with E-state index in [2.05, 4.69) is 5.32 Å². The molecule has 0 fully saturated rings. The van der Waals surface area contributed by atoms with Gasteiger partial charge in [-0.15, -0.1) is 0 Å². The smallest absolute Gasteiger partial charge is 0.308 e. The molecule has 21 heavy (non-hydrogen) atoms. The van der Waals surface area contributed by atoms with Crippen LogP contribution in [0.3, 0.4) is 0 Å². The number of carboxylic acids is 1. The molecular formula is C15H17ClFNO3. The molecule has 1 unspecified atom stereocenters. The highest BCUT2D eigenvalue weighted by Crippen LogP contribution is 2.16. The van der Waals surface area contributed by atoms with Gasteiger partial charge in [-0.2, -0.15) is 0 Å². The van der Waals surface area contributed by atoms with Crippen LogP contribution in [0.5, 0.6) is 0 Å². The van der Waals surface area contributed by atoms with Crippen LogP contribution in [0.1, 0.15) is 19.4 Å². The maximum atomic E-state index is 13.0. The van der Waals surface area contributed by atoms with Gasteiger partial charge in [-0.1, -0.05) is 31.5 Å². The summed E-state index contributed by atoms with van der Waals surface area (Å²) in [6, 6.07) is 4.09. The van der Waals surface area contributed by atoms with Gasteiger partial charge >= 0.3 is 5.97 Å². The van der Waals surface area contributed by atoms with Crippen LogP contribution in [0.4, 0.5) is 4.39 Å². The normalized spacial score (nSPS) is 12.6. The van der Waals surface area contributed by atoms with Crippen molar-refractivity contribution in [1.82, 2.24) is 5.32 Å². The fourth-order valence-electron chi connectivity index (χ4n) is 1.67. The zero-order chi connectivity index (χ0) is 16.0. The first kappa shape index (κ1) is 17.2. The van der Waals surface area contributed by atoms with Gasteiger partial charge in [0.15, 0.2) is 0 Å². The summed E-state index contributed by atoms with van der Waals surface area (Å²) in [7, 11) is 0. The molecule has 1 atom stereocenters. The van der Waals surface area contributed by atoms with E-state index in [0.29, 0.717) is 5.56 Å². The topological polar surface area (TPSA) is 66.4 Å². The molecule has 0 saturated carbocycles. The molecule has 0 bridgehead atoms. The van der Waals surface area contributed by atoms with E-state index in [1.54, 1.807) is 13.8 Å². The molecule has 1 amide bonds. The predicted octanol–water partition coefficient (Wildman–Crippen LogP) is 2.97. The van der Waals surface area contributed by atoms with Crippen LogP contribution in [0, 0.1) is 17.7 Å². The number of nitrogens with one attached hydrogen (secondary N) is 1. The lowest BCUT2D eigenvalue weighted by atomic mass is 9.96. The van der Waals surface area contributed by atoms with Gasteiger partial charge in [-0.3, -0.25) is 9.59 Å². The maximum Gasteiger partial charge on any atom is 0.308 e. The van der Waals surface area contributed by atoms with Crippen LogP contribution in [0.25, 0.3) is 6.08 Å². The Morgan fingerprint density at radius 2 is 2.10 bits per heavy atom. The molecule has 0 spiro atoms. The average Bonchev–Trinajstić information content (AvgIpc) is 2.39. The van der Waals surface area contributed by atoms with Crippen LogP contribution < -0.4 is 5.32 Å². The lowest BCUT2D eigenvalue weighted by Crippen LogP contribution is -2.34. The minimum Gasteiger partial charge on any atom is -0.481 e. The zero-order valence-electron chi connectivity index (χ0n) is 11.8. The molecule has 0 aliphatic rings. The number of amides is 1. The van der Waals surface area contributed by atoms with Gasteiger partial charge in [0.25, 0.3) is 0 Å². The van der Waals surface area contributed by atoms with Crippen LogP contribution in [-0.4, -0.2) is 23.5 Å². The van der Waals surface area contributed by atoms with E-state index < -0.39 is 23.6 Å². The molecule has 4 nitrogen and oxygen atoms in total. The molecule has 0 aliphatic carbocycles. The van der Waals surface area contributed by atoms with Crippen molar-refractivity contribution in [2.45, 2.75) is 13.8 Å². The van der Waals surface area contributed by atoms with Crippen LogP contribution >= 0.6 is 11.6 Å². The van der Waals surface area contributed by atoms with E-state index in [1.807, 2.05) is 0 Å². The third-order valence-electron chi connectivity index (χ3n) is 2.99. The molecule has 1 rings (SSSR count). The Kier molecular flexibility index (Phi) is 6.37. The fraction of sp³-hybridized carbons (Fsp3) is 0.333. The van der Waals surface area contributed by atoms with Crippen molar-refractivity contribution in [1.29, 1.82) is 0 Å². The van der Waals surface area contributed by atoms with Gasteiger partial charge in [-0.05, 0) is 29.7 Å². The highest BCUT2D eigenvalue weighted by molar-refractivity contribution is 6.30. The zero-order valence-corrected chi connectivity index (χ0v) is 12.5. The van der Waals surface area contributed by atoms with Crippen molar-refractivity contribution in [2.75, 3.05) is 6.54 Å². The summed E-state index contributed by atoms with van der Waals surface area (Å²) in [5, 5.41) is 11.5. The molecule has 1 aromatic rings. The first-order valence-electron chi connectivity index (χ1n) is 6.45. The summed E-state index contributed by atoms with van der Waals surface area (Å²) in [4.78, 5) is 22.6. The first-order valence-corrected chi connectivity index (χ1v) is 6.83. The number of aliphatic carboxylic acids is 1. The van der Waals surface area contributed by atoms with Crippen molar-refractivity contribution in [2.24, 2.45) is 11.8 Å². The summed E-state index contributed by atoms with van der Waals surface area (Å²) >= 11 is 5.63. The number of carboxylic acid groups (broad SMARTS) is 1.